The van der Waals surface area contributed by atoms with Gasteiger partial charge in [0.05, 0.1) is 12.1 Å². The van der Waals surface area contributed by atoms with Gasteiger partial charge in [0.15, 0.2) is 0 Å². The first-order valence-electron chi connectivity index (χ1n) is 8.61. The molecule has 1 fully saturated rings. The van der Waals surface area contributed by atoms with E-state index in [0.29, 0.717) is 25.9 Å². The van der Waals surface area contributed by atoms with Gasteiger partial charge in [-0.3, -0.25) is 14.2 Å². The third-order valence-electron chi connectivity index (χ3n) is 4.02. The lowest BCUT2D eigenvalue weighted by Crippen LogP contribution is -2.50. The van der Waals surface area contributed by atoms with E-state index in [0.717, 1.165) is 32.1 Å². The van der Waals surface area contributed by atoms with Gasteiger partial charge < -0.3 is 20.3 Å². The van der Waals surface area contributed by atoms with Crippen molar-refractivity contribution >= 4 is 20.1 Å². The zero-order valence-electron chi connectivity index (χ0n) is 14.3. The summed E-state index contributed by atoms with van der Waals surface area (Å²) in [6.45, 7) is 2.67. The largest absolute Gasteiger partial charge is 0.480 e. The highest BCUT2D eigenvalue weighted by Crippen LogP contribution is 2.25. The molecule has 1 rings (SSSR count). The van der Waals surface area contributed by atoms with Crippen molar-refractivity contribution in [2.24, 2.45) is 5.73 Å². The number of nitrogens with one attached hydrogen (secondary N) is 1. The van der Waals surface area contributed by atoms with Crippen LogP contribution in [-0.2, 0) is 18.7 Å². The molecule has 140 valence electrons. The van der Waals surface area contributed by atoms with E-state index in [1.165, 1.54) is 4.90 Å². The van der Waals surface area contributed by atoms with Gasteiger partial charge in [0.1, 0.15) is 6.54 Å². The van der Waals surface area contributed by atoms with E-state index in [1.807, 2.05) is 6.92 Å². The SMILES string of the molecule is CC(CCCCCCN)O[PH](=O)NC1CCCN(CC(=O)O)C1=O. The predicted octanol–water partition coefficient (Wildman–Crippen LogP) is 1.36. The number of carbonyl (C=O) groups excluding carboxylic acids is 1. The number of nitrogens with zero attached hydrogens (tertiary/aromatic N) is 1. The quantitative estimate of drug-likeness (QED) is 0.353. The van der Waals surface area contributed by atoms with Gasteiger partial charge in [-0.1, -0.05) is 19.3 Å². The van der Waals surface area contributed by atoms with Crippen LogP contribution < -0.4 is 10.8 Å². The molecule has 1 heterocycles. The Balaban J connectivity index is 2.30. The Bertz CT molecular complexity index is 435. The standard InChI is InChI=1S/C15H30N3O5P/c1-12(7-4-2-3-5-9-16)23-24(22)17-13-8-6-10-18(15(13)21)11-14(19)20/h12-13,24H,2-11,16H2,1H3,(H,17,22)(H,19,20). The molecule has 4 N–H and O–H groups in total. The number of carbonyl (C=O) groups is 2. The normalized spacial score (nSPS) is 20.8. The highest BCUT2D eigenvalue weighted by Gasteiger charge is 2.30. The zero-order chi connectivity index (χ0) is 17.9. The first-order valence-corrected chi connectivity index (χ1v) is 9.93. The second-order valence-electron chi connectivity index (χ2n) is 6.20. The average molecular weight is 363 g/mol. The van der Waals surface area contributed by atoms with Crippen molar-refractivity contribution < 1.29 is 23.8 Å². The molecule has 3 unspecified atom stereocenters. The summed E-state index contributed by atoms with van der Waals surface area (Å²) in [7, 11) is -2.53. The van der Waals surface area contributed by atoms with E-state index in [4.69, 9.17) is 15.4 Å². The van der Waals surface area contributed by atoms with E-state index < -0.39 is 20.2 Å². The Morgan fingerprint density at radius 2 is 2.17 bits per heavy atom. The van der Waals surface area contributed by atoms with E-state index >= 15 is 0 Å². The minimum absolute atomic E-state index is 0.143. The Morgan fingerprint density at radius 1 is 1.46 bits per heavy atom. The smallest absolute Gasteiger partial charge is 0.323 e. The summed E-state index contributed by atoms with van der Waals surface area (Å²) in [4.78, 5) is 24.2. The maximum absolute atomic E-state index is 12.2. The van der Waals surface area contributed by atoms with Gasteiger partial charge in [-0.05, 0) is 39.2 Å². The first kappa shape index (κ1) is 21.1. The van der Waals surface area contributed by atoms with Crippen molar-refractivity contribution in [2.75, 3.05) is 19.6 Å². The lowest BCUT2D eigenvalue weighted by molar-refractivity contribution is -0.146. The van der Waals surface area contributed by atoms with Gasteiger partial charge in [0, 0.05) is 6.54 Å². The molecule has 0 saturated carbocycles. The first-order chi connectivity index (χ1) is 11.4. The van der Waals surface area contributed by atoms with Crippen LogP contribution >= 0.6 is 8.18 Å². The number of nitrogens with two attached hydrogens (primary N) is 1. The van der Waals surface area contributed by atoms with Crippen LogP contribution in [0.15, 0.2) is 0 Å². The summed E-state index contributed by atoms with van der Waals surface area (Å²) < 4.78 is 17.5. The Hall–Kier alpha value is -0.950. The number of carboxylic acids is 1. The van der Waals surface area contributed by atoms with E-state index in [9.17, 15) is 14.2 Å². The Kier molecular flexibility index (Phi) is 10.2. The van der Waals surface area contributed by atoms with Crippen molar-refractivity contribution in [2.45, 2.75) is 64.0 Å². The summed E-state index contributed by atoms with van der Waals surface area (Å²) in [6.07, 6.45) is 6.07. The van der Waals surface area contributed by atoms with Gasteiger partial charge >= 0.3 is 5.97 Å². The van der Waals surface area contributed by atoms with Crippen LogP contribution in [0.1, 0.15) is 51.9 Å². The van der Waals surface area contributed by atoms with Gasteiger partial charge in [-0.15, -0.1) is 0 Å². The van der Waals surface area contributed by atoms with Crippen molar-refractivity contribution in [3.63, 3.8) is 0 Å². The minimum atomic E-state index is -2.53. The van der Waals surface area contributed by atoms with Crippen molar-refractivity contribution in [3.8, 4) is 0 Å². The zero-order valence-corrected chi connectivity index (χ0v) is 15.3. The second-order valence-corrected chi connectivity index (χ2v) is 7.30. The molecule has 1 amide bonds. The fraction of sp³-hybridized carbons (Fsp3) is 0.867. The molecule has 0 bridgehead atoms. The van der Waals surface area contributed by atoms with E-state index in [-0.39, 0.29) is 18.6 Å². The molecule has 9 heteroatoms. The number of hydrogen-bond donors (Lipinski definition) is 3. The molecule has 3 atom stereocenters. The number of piperidine rings is 1. The van der Waals surface area contributed by atoms with Crippen LogP contribution in [0.4, 0.5) is 0 Å². The number of carboxylic acid groups (broad SMARTS) is 1. The number of aliphatic carboxylic acids is 1. The number of unbranched alkanes of at least 4 members (excludes halogenated alkanes) is 3. The summed E-state index contributed by atoms with van der Waals surface area (Å²) in [5, 5.41) is 11.5. The highest BCUT2D eigenvalue weighted by atomic mass is 31.1. The van der Waals surface area contributed by atoms with E-state index in [1.54, 1.807) is 0 Å². The lowest BCUT2D eigenvalue weighted by atomic mass is 10.1. The summed E-state index contributed by atoms with van der Waals surface area (Å²) >= 11 is 0. The molecule has 1 saturated heterocycles. The number of rotatable bonds is 12. The molecule has 0 radical (unpaired) electrons. The molecule has 1 aliphatic rings. The third-order valence-corrected chi connectivity index (χ3v) is 5.22. The molecular weight excluding hydrogens is 333 g/mol. The number of amides is 1. The van der Waals surface area contributed by atoms with Crippen LogP contribution in [0.2, 0.25) is 0 Å². The van der Waals surface area contributed by atoms with Crippen molar-refractivity contribution in [1.29, 1.82) is 0 Å². The molecule has 24 heavy (non-hydrogen) atoms. The molecular formula is C15H30N3O5P. The topological polar surface area (TPSA) is 122 Å². The van der Waals surface area contributed by atoms with Gasteiger partial charge in [-0.2, -0.15) is 0 Å². The van der Waals surface area contributed by atoms with Crippen LogP contribution in [0, 0.1) is 0 Å². The predicted molar refractivity (Wildman–Crippen MR) is 92.1 cm³/mol. The maximum atomic E-state index is 12.2. The van der Waals surface area contributed by atoms with Crippen molar-refractivity contribution in [1.82, 2.24) is 9.99 Å². The molecule has 0 aliphatic carbocycles. The van der Waals surface area contributed by atoms with Gasteiger partial charge in [-0.25, -0.2) is 5.09 Å². The molecule has 0 spiro atoms. The maximum Gasteiger partial charge on any atom is 0.323 e. The number of hydrogen-bond acceptors (Lipinski definition) is 5. The van der Waals surface area contributed by atoms with Gasteiger partial charge in [0.2, 0.25) is 5.91 Å². The highest BCUT2D eigenvalue weighted by molar-refractivity contribution is 7.36. The molecule has 0 aromatic heterocycles. The van der Waals surface area contributed by atoms with Crippen LogP contribution in [0.3, 0.4) is 0 Å². The fourth-order valence-electron chi connectivity index (χ4n) is 2.74. The lowest BCUT2D eigenvalue weighted by Gasteiger charge is -2.31. The van der Waals surface area contributed by atoms with Crippen LogP contribution in [0.25, 0.3) is 0 Å². The molecule has 8 nitrogen and oxygen atoms in total. The third kappa shape index (κ3) is 8.24. The summed E-state index contributed by atoms with van der Waals surface area (Å²) in [5.74, 6) is -1.36. The summed E-state index contributed by atoms with van der Waals surface area (Å²) in [6, 6.07) is -0.624. The van der Waals surface area contributed by atoms with Crippen LogP contribution in [0.5, 0.6) is 0 Å². The number of likely N-dealkylation sites (tertiary alicyclic amines) is 1. The molecule has 0 aromatic rings. The summed E-state index contributed by atoms with van der Waals surface area (Å²) in [5.41, 5.74) is 5.44. The van der Waals surface area contributed by atoms with Crippen molar-refractivity contribution in [3.05, 3.63) is 0 Å². The minimum Gasteiger partial charge on any atom is -0.480 e. The Labute approximate surface area is 144 Å². The fourth-order valence-corrected chi connectivity index (χ4v) is 3.85. The Morgan fingerprint density at radius 3 is 2.83 bits per heavy atom. The monoisotopic (exact) mass is 363 g/mol. The molecule has 0 aromatic carbocycles. The van der Waals surface area contributed by atoms with Crippen LogP contribution in [-0.4, -0.2) is 53.7 Å². The second kappa shape index (κ2) is 11.6. The average Bonchev–Trinajstić information content (AvgIpc) is 2.50. The van der Waals surface area contributed by atoms with Gasteiger partial charge in [0.25, 0.3) is 8.18 Å². The van der Waals surface area contributed by atoms with E-state index in [2.05, 4.69) is 5.09 Å². The molecule has 1 aliphatic heterocycles.